The number of nitrogens with one attached hydrogen (secondary N) is 1. The maximum absolute atomic E-state index is 13.5. The molecule has 0 saturated heterocycles. The SMILES string of the molecule is COc1ccc(NC(C)c2ccsc2)cc1F. The number of anilines is 1. The van der Waals surface area contributed by atoms with Crippen LogP contribution in [0.25, 0.3) is 0 Å². The van der Waals surface area contributed by atoms with Crippen LogP contribution >= 0.6 is 11.3 Å². The van der Waals surface area contributed by atoms with E-state index in [1.165, 1.54) is 18.7 Å². The minimum Gasteiger partial charge on any atom is -0.494 e. The highest BCUT2D eigenvalue weighted by Crippen LogP contribution is 2.25. The van der Waals surface area contributed by atoms with E-state index in [9.17, 15) is 4.39 Å². The zero-order valence-corrected chi connectivity index (χ0v) is 10.6. The van der Waals surface area contributed by atoms with Crippen LogP contribution < -0.4 is 10.1 Å². The molecule has 0 saturated carbocycles. The number of thiophene rings is 1. The first-order valence-corrected chi connectivity index (χ1v) is 6.27. The summed E-state index contributed by atoms with van der Waals surface area (Å²) in [6.45, 7) is 2.05. The smallest absolute Gasteiger partial charge is 0.167 e. The minimum absolute atomic E-state index is 0.161. The monoisotopic (exact) mass is 251 g/mol. The molecule has 4 heteroatoms. The van der Waals surface area contributed by atoms with Crippen LogP contribution in [-0.2, 0) is 0 Å². The van der Waals surface area contributed by atoms with Gasteiger partial charge in [-0.15, -0.1) is 0 Å². The van der Waals surface area contributed by atoms with Crippen LogP contribution in [-0.4, -0.2) is 7.11 Å². The standard InChI is InChI=1S/C13H14FNOS/c1-9(10-5-6-17-8-10)15-11-3-4-13(16-2)12(14)7-11/h3-9,15H,1-2H3. The van der Waals surface area contributed by atoms with E-state index in [1.54, 1.807) is 17.4 Å². The summed E-state index contributed by atoms with van der Waals surface area (Å²) in [6, 6.07) is 7.10. The summed E-state index contributed by atoms with van der Waals surface area (Å²) in [4.78, 5) is 0. The van der Waals surface area contributed by atoms with Gasteiger partial charge in [0.05, 0.1) is 7.11 Å². The van der Waals surface area contributed by atoms with Gasteiger partial charge < -0.3 is 10.1 Å². The predicted octanol–water partition coefficient (Wildman–Crippen LogP) is 4.07. The van der Waals surface area contributed by atoms with Crippen molar-refractivity contribution in [1.82, 2.24) is 0 Å². The van der Waals surface area contributed by atoms with Gasteiger partial charge in [-0.2, -0.15) is 11.3 Å². The molecule has 90 valence electrons. The maximum Gasteiger partial charge on any atom is 0.167 e. The Kier molecular flexibility index (Phi) is 3.64. The molecule has 1 heterocycles. The van der Waals surface area contributed by atoms with Gasteiger partial charge in [-0.3, -0.25) is 0 Å². The van der Waals surface area contributed by atoms with E-state index in [0.717, 1.165) is 5.69 Å². The second kappa shape index (κ2) is 5.19. The summed E-state index contributed by atoms with van der Waals surface area (Å²) in [5.74, 6) is -0.0891. The van der Waals surface area contributed by atoms with Gasteiger partial charge in [0.25, 0.3) is 0 Å². The zero-order valence-electron chi connectivity index (χ0n) is 9.74. The van der Waals surface area contributed by atoms with Crippen LogP contribution in [0.5, 0.6) is 5.75 Å². The molecule has 0 fully saturated rings. The van der Waals surface area contributed by atoms with E-state index >= 15 is 0 Å². The van der Waals surface area contributed by atoms with Gasteiger partial charge in [-0.1, -0.05) is 0 Å². The Hall–Kier alpha value is -1.55. The van der Waals surface area contributed by atoms with Gasteiger partial charge >= 0.3 is 0 Å². The number of hydrogen-bond acceptors (Lipinski definition) is 3. The zero-order chi connectivity index (χ0) is 12.3. The molecule has 17 heavy (non-hydrogen) atoms. The fraction of sp³-hybridized carbons (Fsp3) is 0.231. The van der Waals surface area contributed by atoms with Gasteiger partial charge in [0.2, 0.25) is 0 Å². The lowest BCUT2D eigenvalue weighted by atomic mass is 10.1. The van der Waals surface area contributed by atoms with Crippen LogP contribution in [0.2, 0.25) is 0 Å². The molecule has 1 atom stereocenters. The van der Waals surface area contributed by atoms with Crippen molar-refractivity contribution in [2.75, 3.05) is 12.4 Å². The first kappa shape index (κ1) is 11.9. The third-order valence-electron chi connectivity index (χ3n) is 2.58. The molecule has 0 radical (unpaired) electrons. The van der Waals surface area contributed by atoms with Crippen molar-refractivity contribution >= 4 is 17.0 Å². The fourth-order valence-electron chi connectivity index (χ4n) is 1.61. The number of halogens is 1. The molecule has 1 aromatic heterocycles. The van der Waals surface area contributed by atoms with Crippen molar-refractivity contribution in [2.24, 2.45) is 0 Å². The summed E-state index contributed by atoms with van der Waals surface area (Å²) < 4.78 is 18.4. The van der Waals surface area contributed by atoms with Gasteiger partial charge in [0.15, 0.2) is 11.6 Å². The topological polar surface area (TPSA) is 21.3 Å². The van der Waals surface area contributed by atoms with Crippen LogP contribution in [0, 0.1) is 5.82 Å². The van der Waals surface area contributed by atoms with Crippen LogP contribution in [0.4, 0.5) is 10.1 Å². The average molecular weight is 251 g/mol. The van der Waals surface area contributed by atoms with Gasteiger partial charge in [0, 0.05) is 17.8 Å². The second-order valence-corrected chi connectivity index (χ2v) is 4.55. The summed E-state index contributed by atoms with van der Waals surface area (Å²) in [5, 5.41) is 7.36. The summed E-state index contributed by atoms with van der Waals surface area (Å²) in [5.41, 5.74) is 1.95. The first-order chi connectivity index (χ1) is 8.20. The molecule has 2 nitrogen and oxygen atoms in total. The number of ether oxygens (including phenoxy) is 1. The Balaban J connectivity index is 2.11. The van der Waals surface area contributed by atoms with Crippen molar-refractivity contribution in [3.63, 3.8) is 0 Å². The number of rotatable bonds is 4. The molecule has 0 aliphatic carbocycles. The molecule has 1 aromatic carbocycles. The molecule has 1 unspecified atom stereocenters. The molecule has 0 bridgehead atoms. The lowest BCUT2D eigenvalue weighted by Crippen LogP contribution is -2.05. The summed E-state index contributed by atoms with van der Waals surface area (Å²) in [6.07, 6.45) is 0. The number of benzene rings is 1. The Morgan fingerprint density at radius 1 is 1.35 bits per heavy atom. The number of methoxy groups -OCH3 is 1. The minimum atomic E-state index is -0.352. The molecule has 0 aliphatic rings. The third-order valence-corrected chi connectivity index (χ3v) is 3.28. The van der Waals surface area contributed by atoms with E-state index in [4.69, 9.17) is 4.74 Å². The van der Waals surface area contributed by atoms with E-state index in [-0.39, 0.29) is 17.6 Å². The van der Waals surface area contributed by atoms with Crippen molar-refractivity contribution < 1.29 is 9.13 Å². The highest BCUT2D eigenvalue weighted by Gasteiger charge is 2.08. The molecule has 1 N–H and O–H groups in total. The molecule has 2 rings (SSSR count). The largest absolute Gasteiger partial charge is 0.494 e. The molecular weight excluding hydrogens is 237 g/mol. The number of hydrogen-bond donors (Lipinski definition) is 1. The van der Waals surface area contributed by atoms with Gasteiger partial charge in [0.1, 0.15) is 0 Å². The highest BCUT2D eigenvalue weighted by atomic mass is 32.1. The lowest BCUT2D eigenvalue weighted by molar-refractivity contribution is 0.386. The Bertz CT molecular complexity index is 484. The Morgan fingerprint density at radius 2 is 2.18 bits per heavy atom. The quantitative estimate of drug-likeness (QED) is 0.884. The molecule has 0 spiro atoms. The molecular formula is C13H14FNOS. The van der Waals surface area contributed by atoms with E-state index < -0.39 is 0 Å². The van der Waals surface area contributed by atoms with E-state index in [0.29, 0.717) is 0 Å². The van der Waals surface area contributed by atoms with Crippen LogP contribution in [0.1, 0.15) is 18.5 Å². The van der Waals surface area contributed by atoms with Gasteiger partial charge in [-0.25, -0.2) is 4.39 Å². The third kappa shape index (κ3) is 2.77. The van der Waals surface area contributed by atoms with Crippen LogP contribution in [0.15, 0.2) is 35.0 Å². The molecule has 0 aliphatic heterocycles. The average Bonchev–Trinajstić information content (AvgIpc) is 2.82. The summed E-state index contributed by atoms with van der Waals surface area (Å²) in [7, 11) is 1.46. The molecule has 2 aromatic rings. The second-order valence-electron chi connectivity index (χ2n) is 3.77. The van der Waals surface area contributed by atoms with Crippen molar-refractivity contribution in [3.8, 4) is 5.75 Å². The Labute approximate surface area is 104 Å². The fourth-order valence-corrected chi connectivity index (χ4v) is 2.36. The highest BCUT2D eigenvalue weighted by molar-refractivity contribution is 7.07. The molecule has 0 amide bonds. The van der Waals surface area contributed by atoms with Crippen molar-refractivity contribution in [2.45, 2.75) is 13.0 Å². The summed E-state index contributed by atoms with van der Waals surface area (Å²) >= 11 is 1.65. The normalized spacial score (nSPS) is 12.2. The van der Waals surface area contributed by atoms with Crippen molar-refractivity contribution in [3.05, 3.63) is 46.4 Å². The predicted molar refractivity (Wildman–Crippen MR) is 69.3 cm³/mol. The van der Waals surface area contributed by atoms with E-state index in [1.807, 2.05) is 18.4 Å². The van der Waals surface area contributed by atoms with Gasteiger partial charge in [-0.05, 0) is 41.4 Å². The van der Waals surface area contributed by atoms with Crippen LogP contribution in [0.3, 0.4) is 0 Å². The Morgan fingerprint density at radius 3 is 2.76 bits per heavy atom. The lowest BCUT2D eigenvalue weighted by Gasteiger charge is -2.14. The maximum atomic E-state index is 13.5. The first-order valence-electron chi connectivity index (χ1n) is 5.33. The van der Waals surface area contributed by atoms with Crippen molar-refractivity contribution in [1.29, 1.82) is 0 Å². The van der Waals surface area contributed by atoms with E-state index in [2.05, 4.69) is 16.8 Å².